The molecule has 25 heavy (non-hydrogen) atoms. The van der Waals surface area contributed by atoms with Crippen molar-refractivity contribution in [2.45, 2.75) is 13.5 Å². The molecule has 0 radical (unpaired) electrons. The van der Waals surface area contributed by atoms with E-state index in [0.717, 1.165) is 0 Å². The Balaban J connectivity index is 1.79. The first-order valence-electron chi connectivity index (χ1n) is 7.78. The minimum atomic E-state index is -0.554. The average molecular weight is 338 g/mol. The lowest BCUT2D eigenvalue weighted by atomic mass is 10.1. The van der Waals surface area contributed by atoms with E-state index in [2.05, 4.69) is 5.32 Å². The van der Waals surface area contributed by atoms with Crippen LogP contribution in [0.4, 0.5) is 0 Å². The zero-order chi connectivity index (χ0) is 18.1. The van der Waals surface area contributed by atoms with Gasteiger partial charge in [-0.1, -0.05) is 12.1 Å². The van der Waals surface area contributed by atoms with Crippen LogP contribution in [0.3, 0.4) is 0 Å². The Morgan fingerprint density at radius 2 is 1.92 bits per heavy atom. The van der Waals surface area contributed by atoms with Gasteiger partial charge < -0.3 is 14.8 Å². The summed E-state index contributed by atoms with van der Waals surface area (Å²) in [6.45, 7) is 2.24. The summed E-state index contributed by atoms with van der Waals surface area (Å²) in [5.41, 5.74) is 1.64. The third-order valence-electron chi connectivity index (χ3n) is 3.28. The predicted octanol–water partition coefficient (Wildman–Crippen LogP) is 2.43. The molecule has 1 amide bonds. The van der Waals surface area contributed by atoms with Crippen LogP contribution in [0.2, 0.25) is 0 Å². The number of nitriles is 1. The van der Waals surface area contributed by atoms with Crippen molar-refractivity contribution in [3.8, 4) is 11.8 Å². The fourth-order valence-electron chi connectivity index (χ4n) is 2.07. The van der Waals surface area contributed by atoms with Crippen LogP contribution in [-0.2, 0) is 16.1 Å². The van der Waals surface area contributed by atoms with Crippen molar-refractivity contribution in [3.05, 3.63) is 65.2 Å². The Morgan fingerprint density at radius 1 is 1.16 bits per heavy atom. The Morgan fingerprint density at radius 3 is 2.60 bits per heavy atom. The van der Waals surface area contributed by atoms with E-state index in [1.165, 1.54) is 0 Å². The molecule has 0 atom stereocenters. The highest BCUT2D eigenvalue weighted by atomic mass is 16.5. The summed E-state index contributed by atoms with van der Waals surface area (Å²) in [4.78, 5) is 23.7. The van der Waals surface area contributed by atoms with Crippen molar-refractivity contribution in [3.63, 3.8) is 0 Å². The monoisotopic (exact) mass is 338 g/mol. The first kappa shape index (κ1) is 18.0. The highest BCUT2D eigenvalue weighted by Gasteiger charge is 2.09. The van der Waals surface area contributed by atoms with E-state index in [1.54, 1.807) is 48.5 Å². The lowest BCUT2D eigenvalue weighted by molar-refractivity contribution is -0.143. The smallest absolute Gasteiger partial charge is 0.325 e. The number of nitrogens with one attached hydrogen (secondary N) is 1. The summed E-state index contributed by atoms with van der Waals surface area (Å²) in [7, 11) is 0. The summed E-state index contributed by atoms with van der Waals surface area (Å²) in [6, 6.07) is 15.4. The molecule has 0 bridgehead atoms. The number of hydrogen-bond donors (Lipinski definition) is 1. The van der Waals surface area contributed by atoms with Crippen LogP contribution in [0.15, 0.2) is 48.5 Å². The van der Waals surface area contributed by atoms with Crippen LogP contribution in [0.5, 0.6) is 5.75 Å². The summed E-state index contributed by atoms with van der Waals surface area (Å²) in [5, 5.41) is 11.3. The van der Waals surface area contributed by atoms with Crippen LogP contribution in [0.1, 0.15) is 28.4 Å². The zero-order valence-electron chi connectivity index (χ0n) is 13.8. The van der Waals surface area contributed by atoms with Crippen LogP contribution in [0, 0.1) is 11.3 Å². The summed E-state index contributed by atoms with van der Waals surface area (Å²) in [6.07, 6.45) is 0. The average Bonchev–Trinajstić information content (AvgIpc) is 2.65. The van der Waals surface area contributed by atoms with Crippen molar-refractivity contribution in [2.75, 3.05) is 13.2 Å². The van der Waals surface area contributed by atoms with E-state index in [1.807, 2.05) is 13.0 Å². The molecule has 6 heteroatoms. The largest absolute Gasteiger partial charge is 0.494 e. The predicted molar refractivity (Wildman–Crippen MR) is 90.9 cm³/mol. The zero-order valence-corrected chi connectivity index (χ0v) is 13.8. The maximum atomic E-state index is 12.0. The number of rotatable bonds is 7. The van der Waals surface area contributed by atoms with E-state index in [4.69, 9.17) is 14.7 Å². The number of nitrogens with zero attached hydrogens (tertiary/aromatic N) is 1. The van der Waals surface area contributed by atoms with Gasteiger partial charge in [0, 0.05) is 5.56 Å². The third-order valence-corrected chi connectivity index (χ3v) is 3.28. The second-order valence-electron chi connectivity index (χ2n) is 5.11. The number of carbonyl (C=O) groups is 2. The molecular formula is C19H18N2O4. The van der Waals surface area contributed by atoms with Crippen molar-refractivity contribution >= 4 is 11.9 Å². The van der Waals surface area contributed by atoms with Gasteiger partial charge in [0.15, 0.2) is 0 Å². The molecule has 2 aromatic carbocycles. The molecule has 6 nitrogen and oxygen atoms in total. The van der Waals surface area contributed by atoms with Gasteiger partial charge in [0.25, 0.3) is 5.91 Å². The van der Waals surface area contributed by atoms with Gasteiger partial charge in [-0.05, 0) is 48.9 Å². The van der Waals surface area contributed by atoms with E-state index in [-0.39, 0.29) is 19.1 Å². The highest BCUT2D eigenvalue weighted by Crippen LogP contribution is 2.12. The molecule has 2 aromatic rings. The molecule has 0 saturated carbocycles. The van der Waals surface area contributed by atoms with Crippen molar-refractivity contribution in [1.82, 2.24) is 5.32 Å². The number of esters is 1. The summed E-state index contributed by atoms with van der Waals surface area (Å²) in [5.74, 6) is -0.244. The second-order valence-corrected chi connectivity index (χ2v) is 5.11. The molecule has 1 N–H and O–H groups in total. The van der Waals surface area contributed by atoms with Crippen LogP contribution < -0.4 is 10.1 Å². The second kappa shape index (κ2) is 9.08. The van der Waals surface area contributed by atoms with Gasteiger partial charge >= 0.3 is 5.97 Å². The van der Waals surface area contributed by atoms with Crippen molar-refractivity contribution < 1.29 is 19.1 Å². The number of amides is 1. The van der Waals surface area contributed by atoms with E-state index in [9.17, 15) is 9.59 Å². The molecule has 0 fully saturated rings. The lowest BCUT2D eigenvalue weighted by Gasteiger charge is -2.08. The van der Waals surface area contributed by atoms with Gasteiger partial charge in [-0.3, -0.25) is 9.59 Å². The first-order valence-corrected chi connectivity index (χ1v) is 7.78. The van der Waals surface area contributed by atoms with E-state index in [0.29, 0.717) is 29.0 Å². The molecule has 2 rings (SSSR count). The molecule has 0 saturated heterocycles. The fraction of sp³-hybridized carbons (Fsp3) is 0.211. The standard InChI is InChI=1S/C19H18N2O4/c1-2-24-17-8-6-16(7-9-17)19(23)21-12-18(22)25-13-15-5-3-4-14(10-15)11-20/h3-10H,2,12-13H2,1H3,(H,21,23). The number of carbonyl (C=O) groups excluding carboxylic acids is 2. The van der Waals surface area contributed by atoms with Gasteiger partial charge in [-0.25, -0.2) is 0 Å². The first-order chi connectivity index (χ1) is 12.1. The molecule has 0 aromatic heterocycles. The van der Waals surface area contributed by atoms with E-state index < -0.39 is 5.97 Å². The summed E-state index contributed by atoms with van der Waals surface area (Å²) >= 11 is 0. The van der Waals surface area contributed by atoms with Crippen LogP contribution >= 0.6 is 0 Å². The van der Waals surface area contributed by atoms with E-state index >= 15 is 0 Å². The Bertz CT molecular complexity index is 779. The molecule has 0 aliphatic carbocycles. The fourth-order valence-corrected chi connectivity index (χ4v) is 2.07. The molecule has 0 unspecified atom stereocenters. The Kier molecular flexibility index (Phi) is 6.55. The third kappa shape index (κ3) is 5.66. The molecular weight excluding hydrogens is 320 g/mol. The lowest BCUT2D eigenvalue weighted by Crippen LogP contribution is -2.30. The molecule has 0 aliphatic rings. The minimum absolute atomic E-state index is 0.0489. The van der Waals surface area contributed by atoms with Crippen LogP contribution in [-0.4, -0.2) is 25.0 Å². The topological polar surface area (TPSA) is 88.4 Å². The van der Waals surface area contributed by atoms with Crippen molar-refractivity contribution in [1.29, 1.82) is 5.26 Å². The van der Waals surface area contributed by atoms with Crippen LogP contribution in [0.25, 0.3) is 0 Å². The maximum absolute atomic E-state index is 12.0. The normalized spacial score (nSPS) is 9.76. The minimum Gasteiger partial charge on any atom is -0.494 e. The van der Waals surface area contributed by atoms with Gasteiger partial charge in [-0.15, -0.1) is 0 Å². The SMILES string of the molecule is CCOc1ccc(C(=O)NCC(=O)OCc2cccc(C#N)c2)cc1. The molecule has 0 aliphatic heterocycles. The molecule has 0 heterocycles. The number of hydrogen-bond acceptors (Lipinski definition) is 5. The van der Waals surface area contributed by atoms with Gasteiger partial charge in [0.2, 0.25) is 0 Å². The Labute approximate surface area is 146 Å². The molecule has 0 spiro atoms. The van der Waals surface area contributed by atoms with Gasteiger partial charge in [0.1, 0.15) is 18.9 Å². The summed E-state index contributed by atoms with van der Waals surface area (Å²) < 4.78 is 10.4. The van der Waals surface area contributed by atoms with Gasteiger partial charge in [-0.2, -0.15) is 5.26 Å². The maximum Gasteiger partial charge on any atom is 0.325 e. The molecule has 128 valence electrons. The van der Waals surface area contributed by atoms with Crippen molar-refractivity contribution in [2.24, 2.45) is 0 Å². The van der Waals surface area contributed by atoms with Gasteiger partial charge in [0.05, 0.1) is 18.2 Å². The quantitative estimate of drug-likeness (QED) is 0.783. The highest BCUT2D eigenvalue weighted by molar-refractivity contribution is 5.96. The number of benzene rings is 2. The number of ether oxygens (including phenoxy) is 2. The Hall–Kier alpha value is -3.33.